The minimum absolute atomic E-state index is 0.0599. The van der Waals surface area contributed by atoms with Gasteiger partial charge in [-0.15, -0.1) is 16.4 Å². The molecule has 5 aromatic rings. The molecule has 0 saturated carbocycles. The highest BCUT2D eigenvalue weighted by molar-refractivity contribution is 7.18. The number of nitrogens with two attached hydrogens (primary N) is 1. The molecule has 0 radical (unpaired) electrons. The quantitative estimate of drug-likeness (QED) is 0.499. The smallest absolute Gasteiger partial charge is 0.178 e. The van der Waals surface area contributed by atoms with E-state index in [2.05, 4.69) is 38.6 Å². The van der Waals surface area contributed by atoms with Crippen LogP contribution in [0, 0.1) is 0 Å². The van der Waals surface area contributed by atoms with Crippen LogP contribution in [0.25, 0.3) is 21.4 Å². The van der Waals surface area contributed by atoms with Gasteiger partial charge in [0.1, 0.15) is 11.3 Å². The molecule has 0 fully saturated rings. The van der Waals surface area contributed by atoms with E-state index in [9.17, 15) is 0 Å². The van der Waals surface area contributed by atoms with E-state index in [1.165, 1.54) is 10.3 Å². The van der Waals surface area contributed by atoms with Gasteiger partial charge in [-0.25, -0.2) is 15.1 Å². The zero-order chi connectivity index (χ0) is 18.2. The highest BCUT2D eigenvalue weighted by Crippen LogP contribution is 2.34. The Labute approximate surface area is 159 Å². The van der Waals surface area contributed by atoms with Crippen molar-refractivity contribution in [3.05, 3.63) is 76.8 Å². The molecule has 0 aliphatic rings. The standard InChI is InChI=1S/C20H16N6S/c21-17-10-14(19-20(23-17)25-26-24-19)13(12-6-2-1-3-7-12)11-18-22-15-8-4-5-9-16(15)27-18/h1-10,13H,11H2,(H3,21,23,24,25,26)/t13-/m1/s1. The molecule has 5 rings (SSSR count). The summed E-state index contributed by atoms with van der Waals surface area (Å²) in [6.45, 7) is 0. The Bertz CT molecular complexity index is 1190. The van der Waals surface area contributed by atoms with E-state index >= 15 is 0 Å². The summed E-state index contributed by atoms with van der Waals surface area (Å²) in [6.07, 6.45) is 0.759. The molecule has 7 heteroatoms. The average Bonchev–Trinajstić information content (AvgIpc) is 3.32. The lowest BCUT2D eigenvalue weighted by Crippen LogP contribution is -2.07. The molecule has 3 aromatic heterocycles. The van der Waals surface area contributed by atoms with Crippen LogP contribution in [0.2, 0.25) is 0 Å². The third-order valence-electron chi connectivity index (χ3n) is 4.64. The molecule has 27 heavy (non-hydrogen) atoms. The number of hydrogen-bond donors (Lipinski definition) is 2. The fourth-order valence-corrected chi connectivity index (χ4v) is 4.44. The zero-order valence-electron chi connectivity index (χ0n) is 14.3. The van der Waals surface area contributed by atoms with Crippen molar-refractivity contribution in [2.75, 3.05) is 5.73 Å². The fraction of sp³-hybridized carbons (Fsp3) is 0.100. The molecule has 6 nitrogen and oxygen atoms in total. The Morgan fingerprint density at radius 2 is 1.81 bits per heavy atom. The summed E-state index contributed by atoms with van der Waals surface area (Å²) in [6, 6.07) is 20.5. The number of fused-ring (bicyclic) bond motifs is 2. The summed E-state index contributed by atoms with van der Waals surface area (Å²) < 4.78 is 1.19. The molecule has 0 aliphatic heterocycles. The van der Waals surface area contributed by atoms with Gasteiger partial charge in [-0.1, -0.05) is 47.7 Å². The second-order valence-electron chi connectivity index (χ2n) is 6.39. The summed E-state index contributed by atoms with van der Waals surface area (Å²) in [5.41, 5.74) is 10.6. The molecule has 0 aliphatic carbocycles. The van der Waals surface area contributed by atoms with Crippen LogP contribution in [0.15, 0.2) is 60.7 Å². The summed E-state index contributed by atoms with van der Waals surface area (Å²) in [4.78, 5) is 9.12. The van der Waals surface area contributed by atoms with Crippen LogP contribution >= 0.6 is 11.3 Å². The molecule has 0 bridgehead atoms. The summed E-state index contributed by atoms with van der Waals surface area (Å²) in [7, 11) is 0. The highest BCUT2D eigenvalue weighted by atomic mass is 32.1. The highest BCUT2D eigenvalue weighted by Gasteiger charge is 2.22. The molecule has 0 amide bonds. The number of pyridine rings is 1. The Hall–Kier alpha value is -3.32. The van der Waals surface area contributed by atoms with Gasteiger partial charge in [0.2, 0.25) is 0 Å². The second-order valence-corrected chi connectivity index (χ2v) is 7.50. The van der Waals surface area contributed by atoms with Crippen molar-refractivity contribution in [1.82, 2.24) is 25.4 Å². The van der Waals surface area contributed by atoms with E-state index in [4.69, 9.17) is 10.7 Å². The minimum atomic E-state index is 0.0599. The lowest BCUT2D eigenvalue weighted by molar-refractivity contribution is 0.803. The van der Waals surface area contributed by atoms with E-state index in [1.807, 2.05) is 42.5 Å². The first-order chi connectivity index (χ1) is 13.3. The second kappa shape index (κ2) is 6.44. The van der Waals surface area contributed by atoms with E-state index < -0.39 is 0 Å². The maximum absolute atomic E-state index is 6.05. The molecule has 2 aromatic carbocycles. The number of H-pyrrole nitrogens is 1. The van der Waals surface area contributed by atoms with Gasteiger partial charge in [0, 0.05) is 12.3 Å². The largest absolute Gasteiger partial charge is 0.384 e. The van der Waals surface area contributed by atoms with Gasteiger partial charge in [0.15, 0.2) is 5.65 Å². The van der Waals surface area contributed by atoms with Crippen molar-refractivity contribution >= 4 is 38.5 Å². The van der Waals surface area contributed by atoms with Crippen molar-refractivity contribution in [2.24, 2.45) is 0 Å². The van der Waals surface area contributed by atoms with Crippen LogP contribution in [-0.4, -0.2) is 25.4 Å². The van der Waals surface area contributed by atoms with Crippen LogP contribution < -0.4 is 5.73 Å². The van der Waals surface area contributed by atoms with Crippen LogP contribution in [-0.2, 0) is 6.42 Å². The van der Waals surface area contributed by atoms with Crippen LogP contribution in [0.1, 0.15) is 22.1 Å². The Morgan fingerprint density at radius 3 is 2.67 bits per heavy atom. The predicted molar refractivity (Wildman–Crippen MR) is 108 cm³/mol. The third-order valence-corrected chi connectivity index (χ3v) is 5.70. The van der Waals surface area contributed by atoms with Crippen molar-refractivity contribution < 1.29 is 0 Å². The summed E-state index contributed by atoms with van der Waals surface area (Å²) >= 11 is 1.72. The Balaban J connectivity index is 1.66. The van der Waals surface area contributed by atoms with Gasteiger partial charge in [0.25, 0.3) is 0 Å². The SMILES string of the molecule is Nc1cc([C@H](Cc2nc3ccccc3s2)c2ccccc2)c2nn[nH]c2n1. The lowest BCUT2D eigenvalue weighted by Gasteiger charge is -2.17. The number of rotatable bonds is 4. The molecule has 3 heterocycles. The maximum Gasteiger partial charge on any atom is 0.178 e. The van der Waals surface area contributed by atoms with Gasteiger partial charge in [-0.2, -0.15) is 0 Å². The van der Waals surface area contributed by atoms with Gasteiger partial charge in [-0.3, -0.25) is 0 Å². The molecule has 3 N–H and O–H groups in total. The summed E-state index contributed by atoms with van der Waals surface area (Å²) in [5, 5.41) is 12.1. The topological polar surface area (TPSA) is 93.4 Å². The lowest BCUT2D eigenvalue weighted by atomic mass is 9.88. The maximum atomic E-state index is 6.05. The van der Waals surface area contributed by atoms with Gasteiger partial charge in [0.05, 0.1) is 15.2 Å². The van der Waals surface area contributed by atoms with E-state index in [1.54, 1.807) is 11.3 Å². The van der Waals surface area contributed by atoms with Crippen LogP contribution in [0.4, 0.5) is 5.82 Å². The van der Waals surface area contributed by atoms with E-state index in [0.29, 0.717) is 11.5 Å². The predicted octanol–water partition coefficient (Wildman–Crippen LogP) is 3.92. The number of aromatic amines is 1. The van der Waals surface area contributed by atoms with Crippen LogP contribution in [0.3, 0.4) is 0 Å². The van der Waals surface area contributed by atoms with Gasteiger partial charge >= 0.3 is 0 Å². The number of aromatic nitrogens is 5. The molecular formula is C20H16N6S. The van der Waals surface area contributed by atoms with Gasteiger partial charge < -0.3 is 5.73 Å². The van der Waals surface area contributed by atoms with Crippen molar-refractivity contribution in [3.8, 4) is 0 Å². The molecule has 132 valence electrons. The van der Waals surface area contributed by atoms with Crippen molar-refractivity contribution in [1.29, 1.82) is 0 Å². The summed E-state index contributed by atoms with van der Waals surface area (Å²) in [5.74, 6) is 0.512. The molecule has 0 saturated heterocycles. The average molecular weight is 372 g/mol. The third kappa shape index (κ3) is 2.92. The molecular weight excluding hydrogens is 356 g/mol. The monoisotopic (exact) mass is 372 g/mol. The minimum Gasteiger partial charge on any atom is -0.384 e. The van der Waals surface area contributed by atoms with Gasteiger partial charge in [-0.05, 0) is 29.3 Å². The normalized spacial score (nSPS) is 12.6. The molecule has 0 spiro atoms. The van der Waals surface area contributed by atoms with Crippen molar-refractivity contribution in [2.45, 2.75) is 12.3 Å². The number of benzene rings is 2. The van der Waals surface area contributed by atoms with Crippen molar-refractivity contribution in [3.63, 3.8) is 0 Å². The number of nitrogens with zero attached hydrogens (tertiary/aromatic N) is 4. The Kier molecular flexibility index (Phi) is 3.79. The number of anilines is 1. The zero-order valence-corrected chi connectivity index (χ0v) is 15.1. The first kappa shape index (κ1) is 15.9. The number of nitrogens with one attached hydrogen (secondary N) is 1. The first-order valence-corrected chi connectivity index (χ1v) is 9.46. The van der Waals surface area contributed by atoms with E-state index in [0.717, 1.165) is 28.0 Å². The number of nitrogen functional groups attached to an aromatic ring is 1. The fourth-order valence-electron chi connectivity index (χ4n) is 3.42. The first-order valence-electron chi connectivity index (χ1n) is 8.64. The number of para-hydroxylation sites is 1. The van der Waals surface area contributed by atoms with Crippen LogP contribution in [0.5, 0.6) is 0 Å². The van der Waals surface area contributed by atoms with E-state index in [-0.39, 0.29) is 5.92 Å². The Morgan fingerprint density at radius 1 is 1.00 bits per heavy atom. The number of hydrogen-bond acceptors (Lipinski definition) is 6. The number of thiazole rings is 1. The molecule has 1 atom stereocenters. The molecule has 0 unspecified atom stereocenters.